The summed E-state index contributed by atoms with van der Waals surface area (Å²) in [5, 5.41) is 2.77. The van der Waals surface area contributed by atoms with Gasteiger partial charge in [0.15, 0.2) is 0 Å². The molecule has 0 bridgehead atoms. The Kier molecular flexibility index (Phi) is 5.70. The van der Waals surface area contributed by atoms with Crippen molar-refractivity contribution in [3.63, 3.8) is 0 Å². The second-order valence-electron chi connectivity index (χ2n) is 7.81. The fraction of sp³-hybridized carbons (Fsp3) is 0.240. The molecule has 1 amide bonds. The normalized spacial score (nSPS) is 16.4. The Bertz CT molecular complexity index is 1030. The monoisotopic (exact) mass is 403 g/mol. The van der Waals surface area contributed by atoms with E-state index >= 15 is 0 Å². The molecule has 1 atom stereocenters. The van der Waals surface area contributed by atoms with Crippen LogP contribution in [0.25, 0.3) is 0 Å². The number of hydrogen-bond donors (Lipinski definition) is 1. The topological polar surface area (TPSA) is 35.6 Å². The van der Waals surface area contributed by atoms with Gasteiger partial charge in [0.2, 0.25) is 0 Å². The summed E-state index contributed by atoms with van der Waals surface area (Å²) in [5.41, 5.74) is 4.36. The van der Waals surface area contributed by atoms with Crippen molar-refractivity contribution in [1.82, 2.24) is 0 Å². The molecule has 1 unspecified atom stereocenters. The number of nitrogens with one attached hydrogen (secondary N) is 1. The second-order valence-corrected chi connectivity index (χ2v) is 7.81. The van der Waals surface area contributed by atoms with Crippen molar-refractivity contribution in [2.75, 3.05) is 34.8 Å². The van der Waals surface area contributed by atoms with Crippen molar-refractivity contribution in [2.45, 2.75) is 19.9 Å². The fourth-order valence-electron chi connectivity index (χ4n) is 3.98. The van der Waals surface area contributed by atoms with Crippen molar-refractivity contribution in [3.05, 3.63) is 89.7 Å². The number of piperazine rings is 1. The Morgan fingerprint density at radius 1 is 0.967 bits per heavy atom. The smallest absolute Gasteiger partial charge is 0.258 e. The van der Waals surface area contributed by atoms with E-state index in [-0.39, 0.29) is 5.56 Å². The molecule has 30 heavy (non-hydrogen) atoms. The van der Waals surface area contributed by atoms with E-state index in [4.69, 9.17) is 0 Å². The van der Waals surface area contributed by atoms with Gasteiger partial charge in [-0.3, -0.25) is 4.79 Å². The Hall–Kier alpha value is -3.34. The zero-order valence-corrected chi connectivity index (χ0v) is 17.3. The Morgan fingerprint density at radius 2 is 1.73 bits per heavy atom. The Labute approximate surface area is 176 Å². The number of amides is 1. The third kappa shape index (κ3) is 4.30. The Morgan fingerprint density at radius 3 is 2.43 bits per heavy atom. The number of aryl methyl sites for hydroxylation is 1. The first-order valence-corrected chi connectivity index (χ1v) is 10.3. The quantitative estimate of drug-likeness (QED) is 0.658. The molecule has 0 saturated carbocycles. The molecule has 1 heterocycles. The van der Waals surface area contributed by atoms with Crippen LogP contribution in [0.1, 0.15) is 22.8 Å². The number of anilines is 3. The number of nitrogens with zero attached hydrogens (tertiary/aromatic N) is 2. The van der Waals surface area contributed by atoms with Gasteiger partial charge in [-0.15, -0.1) is 0 Å². The first-order chi connectivity index (χ1) is 14.5. The molecular formula is C25H26FN3O. The maximum atomic E-state index is 13.8. The lowest BCUT2D eigenvalue weighted by Gasteiger charge is -2.42. The third-order valence-corrected chi connectivity index (χ3v) is 5.57. The highest BCUT2D eigenvalue weighted by Gasteiger charge is 2.24. The molecular weight excluding hydrogens is 377 g/mol. The average molecular weight is 404 g/mol. The van der Waals surface area contributed by atoms with Crippen molar-refractivity contribution < 1.29 is 9.18 Å². The SMILES string of the molecule is Cc1cccc(N2CCN(c3ccc(NC(=O)c4ccccc4F)cc3)CC2C)c1. The maximum Gasteiger partial charge on any atom is 0.258 e. The predicted octanol–water partition coefficient (Wildman–Crippen LogP) is 5.10. The van der Waals surface area contributed by atoms with E-state index < -0.39 is 11.7 Å². The molecule has 0 radical (unpaired) electrons. The van der Waals surface area contributed by atoms with E-state index in [9.17, 15) is 9.18 Å². The average Bonchev–Trinajstić information content (AvgIpc) is 2.74. The van der Waals surface area contributed by atoms with Crippen LogP contribution in [0.5, 0.6) is 0 Å². The van der Waals surface area contributed by atoms with Gasteiger partial charge in [0, 0.05) is 42.7 Å². The molecule has 5 heteroatoms. The summed E-state index contributed by atoms with van der Waals surface area (Å²) in [5.74, 6) is -0.965. The summed E-state index contributed by atoms with van der Waals surface area (Å²) >= 11 is 0. The minimum absolute atomic E-state index is 0.0441. The summed E-state index contributed by atoms with van der Waals surface area (Å²) in [7, 11) is 0. The molecule has 154 valence electrons. The fourth-order valence-corrected chi connectivity index (χ4v) is 3.98. The lowest BCUT2D eigenvalue weighted by Crippen LogP contribution is -2.52. The maximum absolute atomic E-state index is 13.8. The minimum atomic E-state index is -0.521. The first-order valence-electron chi connectivity index (χ1n) is 10.3. The molecule has 3 aromatic rings. The van der Waals surface area contributed by atoms with Crippen LogP contribution in [0.2, 0.25) is 0 Å². The second kappa shape index (κ2) is 8.57. The van der Waals surface area contributed by atoms with Crippen LogP contribution in [0, 0.1) is 12.7 Å². The standard InChI is InChI=1S/C25H26FN3O/c1-18-6-5-7-22(16-18)29-15-14-28(17-19(29)2)21-12-10-20(11-13-21)27-25(30)23-8-3-4-9-24(23)26/h3-13,16,19H,14-15,17H2,1-2H3,(H,27,30). The largest absolute Gasteiger partial charge is 0.368 e. The lowest BCUT2D eigenvalue weighted by atomic mass is 10.1. The molecule has 4 nitrogen and oxygen atoms in total. The van der Waals surface area contributed by atoms with Gasteiger partial charge in [-0.25, -0.2) is 4.39 Å². The zero-order valence-electron chi connectivity index (χ0n) is 17.3. The van der Waals surface area contributed by atoms with Gasteiger partial charge in [-0.2, -0.15) is 0 Å². The third-order valence-electron chi connectivity index (χ3n) is 5.57. The molecule has 1 N–H and O–H groups in total. The van der Waals surface area contributed by atoms with Gasteiger partial charge in [-0.05, 0) is 67.9 Å². The number of halogens is 1. The van der Waals surface area contributed by atoms with E-state index in [1.165, 1.54) is 23.4 Å². The van der Waals surface area contributed by atoms with E-state index in [2.05, 4.69) is 53.2 Å². The summed E-state index contributed by atoms with van der Waals surface area (Å²) in [4.78, 5) is 17.1. The molecule has 1 aliphatic rings. The van der Waals surface area contributed by atoms with Crippen LogP contribution in [0.3, 0.4) is 0 Å². The highest BCUT2D eigenvalue weighted by Crippen LogP contribution is 2.26. The van der Waals surface area contributed by atoms with Gasteiger partial charge >= 0.3 is 0 Å². The van der Waals surface area contributed by atoms with Crippen LogP contribution in [-0.4, -0.2) is 31.6 Å². The van der Waals surface area contributed by atoms with Crippen LogP contribution >= 0.6 is 0 Å². The first kappa shape index (κ1) is 20.0. The summed E-state index contributed by atoms with van der Waals surface area (Å²) in [6, 6.07) is 22.8. The van der Waals surface area contributed by atoms with Gasteiger partial charge in [0.25, 0.3) is 5.91 Å². The van der Waals surface area contributed by atoms with Crippen LogP contribution < -0.4 is 15.1 Å². The van der Waals surface area contributed by atoms with E-state index in [1.807, 2.05) is 24.3 Å². The van der Waals surface area contributed by atoms with Crippen molar-refractivity contribution >= 4 is 23.0 Å². The van der Waals surface area contributed by atoms with Crippen molar-refractivity contribution in [3.8, 4) is 0 Å². The molecule has 0 aromatic heterocycles. The van der Waals surface area contributed by atoms with Crippen molar-refractivity contribution in [1.29, 1.82) is 0 Å². The molecule has 3 aromatic carbocycles. The number of carbonyl (C=O) groups excluding carboxylic acids is 1. The molecule has 4 rings (SSSR count). The summed E-state index contributed by atoms with van der Waals surface area (Å²) < 4.78 is 13.8. The van der Waals surface area contributed by atoms with Crippen molar-refractivity contribution in [2.24, 2.45) is 0 Å². The highest BCUT2D eigenvalue weighted by molar-refractivity contribution is 6.04. The van der Waals surface area contributed by atoms with E-state index in [0.717, 1.165) is 25.3 Å². The lowest BCUT2D eigenvalue weighted by molar-refractivity contribution is 0.102. The molecule has 0 aliphatic carbocycles. The molecule has 0 spiro atoms. The van der Waals surface area contributed by atoms with Gasteiger partial charge in [0.1, 0.15) is 5.82 Å². The predicted molar refractivity (Wildman–Crippen MR) is 121 cm³/mol. The molecule has 1 saturated heterocycles. The van der Waals surface area contributed by atoms with E-state index in [1.54, 1.807) is 12.1 Å². The number of benzene rings is 3. The number of rotatable bonds is 4. The van der Waals surface area contributed by atoms with E-state index in [0.29, 0.717) is 11.7 Å². The van der Waals surface area contributed by atoms with Gasteiger partial charge in [0.05, 0.1) is 5.56 Å². The molecule has 1 aliphatic heterocycles. The summed E-state index contributed by atoms with van der Waals surface area (Å²) in [6.45, 7) is 7.18. The highest BCUT2D eigenvalue weighted by atomic mass is 19.1. The zero-order chi connectivity index (χ0) is 21.1. The Balaban J connectivity index is 1.40. The van der Waals surface area contributed by atoms with Crippen LogP contribution in [-0.2, 0) is 0 Å². The molecule has 1 fully saturated rings. The van der Waals surface area contributed by atoms with Gasteiger partial charge < -0.3 is 15.1 Å². The summed E-state index contributed by atoms with van der Waals surface area (Å²) in [6.07, 6.45) is 0. The minimum Gasteiger partial charge on any atom is -0.368 e. The van der Waals surface area contributed by atoms with Gasteiger partial charge in [-0.1, -0.05) is 24.3 Å². The number of carbonyl (C=O) groups is 1. The van der Waals surface area contributed by atoms with Crippen LogP contribution in [0.15, 0.2) is 72.8 Å². The number of hydrogen-bond acceptors (Lipinski definition) is 3. The van der Waals surface area contributed by atoms with Crippen LogP contribution in [0.4, 0.5) is 21.5 Å².